The average Bonchev–Trinajstić information content (AvgIpc) is 3.11. The molecule has 3 amide bonds. The van der Waals surface area contributed by atoms with Gasteiger partial charge in [0, 0.05) is 5.69 Å². The molecule has 1 aliphatic rings. The van der Waals surface area contributed by atoms with Crippen LogP contribution in [0.1, 0.15) is 71.1 Å². The van der Waals surface area contributed by atoms with E-state index in [9.17, 15) is 24.0 Å². The average molecular weight is 495 g/mol. The molecular formula is C27H30N2O7. The van der Waals surface area contributed by atoms with E-state index in [0.717, 1.165) is 17.7 Å². The van der Waals surface area contributed by atoms with Crippen LogP contribution in [0.3, 0.4) is 0 Å². The number of ether oxygens (including phenoxy) is 2. The van der Waals surface area contributed by atoms with Crippen molar-refractivity contribution in [1.29, 1.82) is 0 Å². The first-order valence-corrected chi connectivity index (χ1v) is 11.9. The van der Waals surface area contributed by atoms with Crippen LogP contribution >= 0.6 is 0 Å². The minimum absolute atomic E-state index is 0.0205. The molecule has 0 fully saturated rings. The van der Waals surface area contributed by atoms with E-state index in [2.05, 4.69) is 5.32 Å². The van der Waals surface area contributed by atoms with Gasteiger partial charge in [-0.1, -0.05) is 39.3 Å². The van der Waals surface area contributed by atoms with Gasteiger partial charge in [-0.15, -0.1) is 0 Å². The Bertz CT molecular complexity index is 1110. The summed E-state index contributed by atoms with van der Waals surface area (Å²) in [5.41, 5.74) is 1.23. The summed E-state index contributed by atoms with van der Waals surface area (Å²) in [5, 5.41) is 2.58. The number of hydrogen-bond acceptors (Lipinski definition) is 7. The van der Waals surface area contributed by atoms with Crippen molar-refractivity contribution in [1.82, 2.24) is 4.90 Å². The third-order valence-electron chi connectivity index (χ3n) is 5.58. The third-order valence-corrected chi connectivity index (χ3v) is 5.58. The molecule has 0 saturated heterocycles. The van der Waals surface area contributed by atoms with E-state index < -0.39 is 42.3 Å². The number of fused-ring (bicyclic) bond motifs is 1. The van der Waals surface area contributed by atoms with Crippen LogP contribution in [0.25, 0.3) is 0 Å². The molecule has 190 valence electrons. The maximum atomic E-state index is 12.9. The molecule has 0 aliphatic carbocycles. The normalized spacial score (nSPS) is 13.4. The highest BCUT2D eigenvalue weighted by Gasteiger charge is 2.43. The Balaban J connectivity index is 1.59. The first-order valence-electron chi connectivity index (χ1n) is 11.9. The van der Waals surface area contributed by atoms with Crippen LogP contribution in [0.2, 0.25) is 0 Å². The highest BCUT2D eigenvalue weighted by atomic mass is 16.5. The Morgan fingerprint density at radius 1 is 0.917 bits per heavy atom. The molecule has 0 aromatic heterocycles. The van der Waals surface area contributed by atoms with Crippen LogP contribution in [0.5, 0.6) is 0 Å². The number of carbonyl (C=O) groups is 5. The molecule has 0 spiro atoms. The van der Waals surface area contributed by atoms with Crippen LogP contribution in [0.4, 0.5) is 5.69 Å². The van der Waals surface area contributed by atoms with E-state index in [4.69, 9.17) is 9.47 Å². The Kier molecular flexibility index (Phi) is 8.94. The van der Waals surface area contributed by atoms with Crippen molar-refractivity contribution in [2.24, 2.45) is 5.92 Å². The Labute approximate surface area is 209 Å². The number of amides is 3. The number of nitrogens with zero attached hydrogens (tertiary/aromatic N) is 1. The Morgan fingerprint density at radius 2 is 1.53 bits per heavy atom. The van der Waals surface area contributed by atoms with Gasteiger partial charge in [-0.25, -0.2) is 9.59 Å². The second-order valence-electron chi connectivity index (χ2n) is 8.89. The van der Waals surface area contributed by atoms with E-state index >= 15 is 0 Å². The van der Waals surface area contributed by atoms with Crippen LogP contribution in [0.15, 0.2) is 48.5 Å². The number of carbonyl (C=O) groups excluding carboxylic acids is 5. The van der Waals surface area contributed by atoms with Crippen molar-refractivity contribution in [3.8, 4) is 0 Å². The monoisotopic (exact) mass is 494 g/mol. The molecule has 0 saturated carbocycles. The second kappa shape index (κ2) is 12.1. The van der Waals surface area contributed by atoms with E-state index in [1.165, 1.54) is 36.4 Å². The fourth-order valence-electron chi connectivity index (χ4n) is 3.76. The lowest BCUT2D eigenvalue weighted by Gasteiger charge is -2.25. The SMILES string of the molecule is CCCCOC(=O)c1ccc(NC(=O)COC(=O)[C@H](CC(C)C)N2C(=O)c3ccccc3C2=O)cc1. The van der Waals surface area contributed by atoms with E-state index in [0.29, 0.717) is 17.9 Å². The molecule has 1 atom stereocenters. The molecule has 0 unspecified atom stereocenters. The summed E-state index contributed by atoms with van der Waals surface area (Å²) >= 11 is 0. The number of anilines is 1. The van der Waals surface area contributed by atoms with Gasteiger partial charge in [0.25, 0.3) is 17.7 Å². The summed E-state index contributed by atoms with van der Waals surface area (Å²) in [7, 11) is 0. The topological polar surface area (TPSA) is 119 Å². The lowest BCUT2D eigenvalue weighted by Crippen LogP contribution is -2.46. The Hall–Kier alpha value is -4.01. The summed E-state index contributed by atoms with van der Waals surface area (Å²) in [6.07, 6.45) is 1.89. The molecule has 2 aromatic carbocycles. The molecule has 2 aromatic rings. The van der Waals surface area contributed by atoms with Gasteiger partial charge in [0.1, 0.15) is 6.04 Å². The minimum atomic E-state index is -1.15. The van der Waals surface area contributed by atoms with Gasteiger partial charge in [0.05, 0.1) is 23.3 Å². The van der Waals surface area contributed by atoms with Gasteiger partial charge >= 0.3 is 11.9 Å². The zero-order valence-corrected chi connectivity index (χ0v) is 20.6. The van der Waals surface area contributed by atoms with Crippen molar-refractivity contribution in [3.05, 3.63) is 65.2 Å². The maximum Gasteiger partial charge on any atom is 0.338 e. The second-order valence-corrected chi connectivity index (χ2v) is 8.89. The van der Waals surface area contributed by atoms with Crippen molar-refractivity contribution in [2.45, 2.75) is 46.1 Å². The molecular weight excluding hydrogens is 464 g/mol. The van der Waals surface area contributed by atoms with Crippen LogP contribution in [-0.2, 0) is 19.1 Å². The number of imide groups is 1. The van der Waals surface area contributed by atoms with Crippen molar-refractivity contribution in [2.75, 3.05) is 18.5 Å². The molecule has 9 heteroatoms. The molecule has 1 N–H and O–H groups in total. The fourth-order valence-corrected chi connectivity index (χ4v) is 3.76. The first-order chi connectivity index (χ1) is 17.2. The number of unbranched alkanes of at least 4 members (excludes halogenated alkanes) is 1. The number of esters is 2. The third kappa shape index (κ3) is 6.35. The highest BCUT2D eigenvalue weighted by Crippen LogP contribution is 2.27. The van der Waals surface area contributed by atoms with Gasteiger partial charge in [0.15, 0.2) is 6.61 Å². The summed E-state index contributed by atoms with van der Waals surface area (Å²) in [6, 6.07) is 11.3. The van der Waals surface area contributed by atoms with Crippen molar-refractivity contribution in [3.63, 3.8) is 0 Å². The van der Waals surface area contributed by atoms with Gasteiger partial charge < -0.3 is 14.8 Å². The number of nitrogens with one attached hydrogen (secondary N) is 1. The first kappa shape index (κ1) is 26.6. The lowest BCUT2D eigenvalue weighted by molar-refractivity contribution is -0.151. The molecule has 1 aliphatic heterocycles. The molecule has 3 rings (SSSR count). The fraction of sp³-hybridized carbons (Fsp3) is 0.370. The van der Waals surface area contributed by atoms with Crippen molar-refractivity contribution >= 4 is 35.3 Å². The largest absolute Gasteiger partial charge is 0.462 e. The Morgan fingerprint density at radius 3 is 2.08 bits per heavy atom. The summed E-state index contributed by atoms with van der Waals surface area (Å²) in [6.45, 7) is 5.45. The van der Waals surface area contributed by atoms with E-state index in [-0.39, 0.29) is 23.5 Å². The van der Waals surface area contributed by atoms with Gasteiger partial charge in [0.2, 0.25) is 0 Å². The summed E-state index contributed by atoms with van der Waals surface area (Å²) in [5.74, 6) is -3.02. The van der Waals surface area contributed by atoms with Crippen LogP contribution < -0.4 is 5.32 Å². The molecule has 36 heavy (non-hydrogen) atoms. The summed E-state index contributed by atoms with van der Waals surface area (Å²) < 4.78 is 10.3. The zero-order valence-electron chi connectivity index (χ0n) is 20.6. The standard InChI is InChI=1S/C27H30N2O7/c1-4-5-14-35-26(33)18-10-12-19(13-11-18)28-23(30)16-36-27(34)22(15-17(2)3)29-24(31)20-8-6-7-9-21(20)25(29)32/h6-13,17,22H,4-5,14-16H2,1-3H3,(H,28,30)/t22-/m0/s1. The minimum Gasteiger partial charge on any atom is -0.462 e. The zero-order chi connectivity index (χ0) is 26.2. The predicted octanol–water partition coefficient (Wildman–Crippen LogP) is 3.84. The highest BCUT2D eigenvalue weighted by molar-refractivity contribution is 6.22. The molecule has 1 heterocycles. The lowest BCUT2D eigenvalue weighted by atomic mass is 10.0. The van der Waals surface area contributed by atoms with Gasteiger partial charge in [-0.05, 0) is 55.2 Å². The van der Waals surface area contributed by atoms with Gasteiger partial charge in [-0.2, -0.15) is 0 Å². The predicted molar refractivity (Wildman–Crippen MR) is 131 cm³/mol. The quantitative estimate of drug-likeness (QED) is 0.286. The van der Waals surface area contributed by atoms with E-state index in [1.54, 1.807) is 12.1 Å². The smallest absolute Gasteiger partial charge is 0.338 e. The molecule has 0 radical (unpaired) electrons. The number of rotatable bonds is 11. The van der Waals surface area contributed by atoms with E-state index in [1.807, 2.05) is 20.8 Å². The van der Waals surface area contributed by atoms with Crippen molar-refractivity contribution < 1.29 is 33.4 Å². The van der Waals surface area contributed by atoms with Gasteiger partial charge in [-0.3, -0.25) is 19.3 Å². The summed E-state index contributed by atoms with van der Waals surface area (Å²) in [4.78, 5) is 63.8. The van der Waals surface area contributed by atoms with Crippen LogP contribution in [0, 0.1) is 5.92 Å². The maximum absolute atomic E-state index is 12.9. The van der Waals surface area contributed by atoms with Crippen LogP contribution in [-0.4, -0.2) is 53.8 Å². The molecule has 0 bridgehead atoms. The number of benzene rings is 2. The molecule has 9 nitrogen and oxygen atoms in total. The number of hydrogen-bond donors (Lipinski definition) is 1.